The fraction of sp³-hybridized carbons (Fsp3) is 0.571. The van der Waals surface area contributed by atoms with Gasteiger partial charge in [-0.15, -0.1) is 0 Å². The van der Waals surface area contributed by atoms with E-state index in [0.29, 0.717) is 4.83 Å². The molecule has 0 aromatic heterocycles. The minimum Gasteiger partial charge on any atom is -0.488 e. The zero-order valence-electron chi connectivity index (χ0n) is 10.4. The number of rotatable bonds is 5. The van der Waals surface area contributed by atoms with E-state index in [1.54, 1.807) is 7.11 Å². The van der Waals surface area contributed by atoms with Gasteiger partial charge < -0.3 is 9.47 Å². The smallest absolute Gasteiger partial charge is 0.127 e. The zero-order valence-corrected chi connectivity index (χ0v) is 11.9. The topological polar surface area (TPSA) is 18.5 Å². The van der Waals surface area contributed by atoms with E-state index < -0.39 is 0 Å². The van der Waals surface area contributed by atoms with Gasteiger partial charge in [-0.05, 0) is 24.1 Å². The monoisotopic (exact) mass is 298 g/mol. The maximum atomic E-state index is 5.90. The molecule has 1 fully saturated rings. The highest BCUT2D eigenvalue weighted by Gasteiger charge is 2.41. The molecule has 0 N–H and O–H groups in total. The lowest BCUT2D eigenvalue weighted by Gasteiger charge is -2.40. The summed E-state index contributed by atoms with van der Waals surface area (Å²) in [5.41, 5.74) is 1.37. The second kappa shape index (κ2) is 5.87. The molecule has 3 unspecified atom stereocenters. The molecule has 0 spiro atoms. The Morgan fingerprint density at radius 3 is 2.53 bits per heavy atom. The Labute approximate surface area is 111 Å². The van der Waals surface area contributed by atoms with Gasteiger partial charge in [0.15, 0.2) is 0 Å². The lowest BCUT2D eigenvalue weighted by Crippen LogP contribution is -2.51. The number of ether oxygens (including phenoxy) is 2. The molecule has 0 amide bonds. The average molecular weight is 299 g/mol. The Balaban J connectivity index is 1.91. The molecule has 0 heterocycles. The third-order valence-electron chi connectivity index (χ3n) is 3.20. The van der Waals surface area contributed by atoms with Crippen molar-refractivity contribution in [1.82, 2.24) is 0 Å². The first-order valence-corrected chi connectivity index (χ1v) is 7.08. The van der Waals surface area contributed by atoms with Crippen LogP contribution in [0, 0.1) is 0 Å². The Morgan fingerprint density at radius 1 is 1.29 bits per heavy atom. The summed E-state index contributed by atoms with van der Waals surface area (Å²) in [6.45, 7) is 2.19. The summed E-state index contributed by atoms with van der Waals surface area (Å²) < 4.78 is 11.3. The van der Waals surface area contributed by atoms with Crippen LogP contribution >= 0.6 is 15.9 Å². The predicted octanol–water partition coefficient (Wildman–Crippen LogP) is 3.57. The number of hydrogen-bond donors (Lipinski definition) is 0. The lowest BCUT2D eigenvalue weighted by atomic mass is 9.91. The molecule has 3 atom stereocenters. The molecular formula is C14H19BrO2. The number of benzene rings is 1. The van der Waals surface area contributed by atoms with Gasteiger partial charge in [-0.1, -0.05) is 41.4 Å². The summed E-state index contributed by atoms with van der Waals surface area (Å²) in [4.78, 5) is 0.428. The van der Waals surface area contributed by atoms with Gasteiger partial charge in [-0.25, -0.2) is 0 Å². The van der Waals surface area contributed by atoms with Crippen LogP contribution in [-0.2, 0) is 11.2 Å². The van der Waals surface area contributed by atoms with E-state index in [9.17, 15) is 0 Å². The summed E-state index contributed by atoms with van der Waals surface area (Å²) >= 11 is 3.57. The summed E-state index contributed by atoms with van der Waals surface area (Å²) in [5, 5.41) is 0. The molecule has 0 bridgehead atoms. The van der Waals surface area contributed by atoms with Gasteiger partial charge in [0.1, 0.15) is 18.0 Å². The number of alkyl halides is 1. The highest BCUT2D eigenvalue weighted by Crippen LogP contribution is 2.33. The molecule has 1 aromatic rings. The van der Waals surface area contributed by atoms with Crippen molar-refractivity contribution >= 4 is 15.9 Å². The quantitative estimate of drug-likeness (QED) is 0.774. The SMILES string of the molecule is CCCc1ccc(OC2CC(Br)C2OC)cc1. The second-order valence-corrected chi connectivity index (χ2v) is 5.68. The van der Waals surface area contributed by atoms with E-state index in [1.165, 1.54) is 12.0 Å². The van der Waals surface area contributed by atoms with Crippen molar-refractivity contribution in [2.24, 2.45) is 0 Å². The van der Waals surface area contributed by atoms with Crippen LogP contribution in [0.3, 0.4) is 0 Å². The van der Waals surface area contributed by atoms with Gasteiger partial charge in [0, 0.05) is 18.4 Å². The Bertz CT molecular complexity index is 350. The highest BCUT2D eigenvalue weighted by molar-refractivity contribution is 9.09. The van der Waals surface area contributed by atoms with Crippen LogP contribution in [0.4, 0.5) is 0 Å². The third-order valence-corrected chi connectivity index (χ3v) is 4.10. The van der Waals surface area contributed by atoms with Crippen molar-refractivity contribution in [1.29, 1.82) is 0 Å². The van der Waals surface area contributed by atoms with Crippen LogP contribution in [0.25, 0.3) is 0 Å². The number of methoxy groups -OCH3 is 1. The van der Waals surface area contributed by atoms with E-state index in [0.717, 1.165) is 18.6 Å². The summed E-state index contributed by atoms with van der Waals surface area (Å²) in [7, 11) is 1.73. The highest BCUT2D eigenvalue weighted by atomic mass is 79.9. The van der Waals surface area contributed by atoms with Gasteiger partial charge in [0.05, 0.1) is 0 Å². The maximum absolute atomic E-state index is 5.90. The number of hydrogen-bond acceptors (Lipinski definition) is 2. The first-order chi connectivity index (χ1) is 8.24. The van der Waals surface area contributed by atoms with Gasteiger partial charge >= 0.3 is 0 Å². The largest absolute Gasteiger partial charge is 0.488 e. The third kappa shape index (κ3) is 3.02. The molecule has 1 aliphatic carbocycles. The number of halogens is 1. The molecule has 1 aromatic carbocycles. The average Bonchev–Trinajstić information content (AvgIpc) is 2.31. The second-order valence-electron chi connectivity index (χ2n) is 4.50. The van der Waals surface area contributed by atoms with Crippen LogP contribution in [0.15, 0.2) is 24.3 Å². The van der Waals surface area contributed by atoms with E-state index in [-0.39, 0.29) is 12.2 Å². The van der Waals surface area contributed by atoms with E-state index >= 15 is 0 Å². The van der Waals surface area contributed by atoms with Crippen LogP contribution in [0.1, 0.15) is 25.3 Å². The first kappa shape index (κ1) is 12.9. The predicted molar refractivity (Wildman–Crippen MR) is 73.0 cm³/mol. The van der Waals surface area contributed by atoms with Gasteiger partial charge in [-0.2, -0.15) is 0 Å². The molecule has 17 heavy (non-hydrogen) atoms. The van der Waals surface area contributed by atoms with Crippen molar-refractivity contribution in [3.05, 3.63) is 29.8 Å². The molecule has 0 radical (unpaired) electrons. The van der Waals surface area contributed by atoms with Crippen molar-refractivity contribution < 1.29 is 9.47 Å². The zero-order chi connectivity index (χ0) is 12.3. The van der Waals surface area contributed by atoms with Gasteiger partial charge in [-0.3, -0.25) is 0 Å². The number of aryl methyl sites for hydroxylation is 1. The van der Waals surface area contributed by atoms with Gasteiger partial charge in [0.2, 0.25) is 0 Å². The Kier molecular flexibility index (Phi) is 4.46. The minimum atomic E-state index is 0.172. The fourth-order valence-electron chi connectivity index (χ4n) is 2.14. The summed E-state index contributed by atoms with van der Waals surface area (Å²) in [6.07, 6.45) is 3.68. The van der Waals surface area contributed by atoms with Crippen LogP contribution < -0.4 is 4.74 Å². The van der Waals surface area contributed by atoms with Crippen LogP contribution in [-0.4, -0.2) is 24.1 Å². The first-order valence-electron chi connectivity index (χ1n) is 6.17. The summed E-state index contributed by atoms with van der Waals surface area (Å²) in [5.74, 6) is 0.941. The molecule has 0 saturated heterocycles. The Morgan fingerprint density at radius 2 is 2.00 bits per heavy atom. The molecule has 1 saturated carbocycles. The molecule has 0 aliphatic heterocycles. The van der Waals surface area contributed by atoms with E-state index in [4.69, 9.17) is 9.47 Å². The van der Waals surface area contributed by atoms with Crippen LogP contribution in [0.5, 0.6) is 5.75 Å². The van der Waals surface area contributed by atoms with Crippen molar-refractivity contribution in [2.75, 3.05) is 7.11 Å². The Hall–Kier alpha value is -0.540. The molecule has 3 heteroatoms. The standard InChI is InChI=1S/C14H19BrO2/c1-3-4-10-5-7-11(8-6-10)17-13-9-12(15)14(13)16-2/h5-8,12-14H,3-4,9H2,1-2H3. The lowest BCUT2D eigenvalue weighted by molar-refractivity contribution is -0.0544. The van der Waals surface area contributed by atoms with E-state index in [2.05, 4.69) is 47.1 Å². The van der Waals surface area contributed by atoms with E-state index in [1.807, 2.05) is 0 Å². The fourth-order valence-corrected chi connectivity index (χ4v) is 3.06. The molecular weight excluding hydrogens is 280 g/mol. The molecule has 1 aliphatic rings. The molecule has 94 valence electrons. The minimum absolute atomic E-state index is 0.172. The molecule has 2 nitrogen and oxygen atoms in total. The molecule has 2 rings (SSSR count). The van der Waals surface area contributed by atoms with Gasteiger partial charge in [0.25, 0.3) is 0 Å². The van der Waals surface area contributed by atoms with Crippen molar-refractivity contribution in [3.8, 4) is 5.75 Å². The maximum Gasteiger partial charge on any atom is 0.127 e. The van der Waals surface area contributed by atoms with Crippen LogP contribution in [0.2, 0.25) is 0 Å². The normalized spacial score (nSPS) is 27.6. The summed E-state index contributed by atoms with van der Waals surface area (Å²) in [6, 6.07) is 8.40. The van der Waals surface area contributed by atoms with Crippen molar-refractivity contribution in [3.63, 3.8) is 0 Å². The van der Waals surface area contributed by atoms with Crippen molar-refractivity contribution in [2.45, 2.75) is 43.2 Å².